The first-order valence-corrected chi connectivity index (χ1v) is 4.93. The molecular weight excluding hydrogens is 176 g/mol. The molecule has 0 aromatic carbocycles. The second kappa shape index (κ2) is 3.15. The zero-order valence-electron chi connectivity index (χ0n) is 8.95. The summed E-state index contributed by atoms with van der Waals surface area (Å²) in [5, 5.41) is 0. The van der Waals surface area contributed by atoms with Crippen molar-refractivity contribution in [2.75, 3.05) is 18.1 Å². The molecule has 0 fully saturated rings. The maximum Gasteiger partial charge on any atom is 0.145 e. The smallest absolute Gasteiger partial charge is 0.145 e. The molecule has 2 heterocycles. The van der Waals surface area contributed by atoms with E-state index in [1.54, 1.807) is 6.20 Å². The summed E-state index contributed by atoms with van der Waals surface area (Å²) in [4.78, 5) is 6.47. The third kappa shape index (κ3) is 1.54. The number of pyridine rings is 1. The lowest BCUT2D eigenvalue weighted by atomic mass is 10.0. The van der Waals surface area contributed by atoms with Gasteiger partial charge in [-0.15, -0.1) is 0 Å². The Morgan fingerprint density at radius 1 is 1.43 bits per heavy atom. The summed E-state index contributed by atoms with van der Waals surface area (Å²) in [5.74, 6) is 0.946. The molecule has 0 aliphatic carbocycles. The molecule has 1 aromatic rings. The summed E-state index contributed by atoms with van der Waals surface area (Å²) < 4.78 is 5.57. The molecule has 0 radical (unpaired) electrons. The molecule has 1 aliphatic rings. The molecule has 0 atom stereocenters. The molecule has 0 bridgehead atoms. The molecule has 0 saturated heterocycles. The van der Waals surface area contributed by atoms with Crippen molar-refractivity contribution in [2.24, 2.45) is 0 Å². The lowest BCUT2D eigenvalue weighted by Gasteiger charge is -2.40. The third-order valence-electron chi connectivity index (χ3n) is 2.43. The molecular formula is C11H16N2O. The second-order valence-corrected chi connectivity index (χ2v) is 4.51. The number of hydrogen-bond donors (Lipinski definition) is 0. The van der Waals surface area contributed by atoms with Crippen molar-refractivity contribution in [1.29, 1.82) is 0 Å². The minimum absolute atomic E-state index is 0.127. The number of hydrogen-bond acceptors (Lipinski definition) is 3. The van der Waals surface area contributed by atoms with Gasteiger partial charge in [0.1, 0.15) is 12.4 Å². The average Bonchev–Trinajstić information content (AvgIpc) is 2.15. The Balaban J connectivity index is 2.41. The molecule has 1 aromatic heterocycles. The predicted molar refractivity (Wildman–Crippen MR) is 56.8 cm³/mol. The number of rotatable bonds is 0. The van der Waals surface area contributed by atoms with Crippen LogP contribution in [0, 0.1) is 0 Å². The summed E-state index contributed by atoms with van der Waals surface area (Å²) >= 11 is 0. The SMILES string of the molecule is CC(C)(C)N1CCOc2ccncc21. The van der Waals surface area contributed by atoms with Gasteiger partial charge < -0.3 is 9.64 Å². The molecule has 0 saturated carbocycles. The molecule has 76 valence electrons. The molecule has 0 unspecified atom stereocenters. The fourth-order valence-corrected chi connectivity index (χ4v) is 1.76. The number of aromatic nitrogens is 1. The van der Waals surface area contributed by atoms with E-state index < -0.39 is 0 Å². The maximum absolute atomic E-state index is 5.57. The molecule has 2 rings (SSSR count). The Hall–Kier alpha value is -1.25. The number of fused-ring (bicyclic) bond motifs is 1. The van der Waals surface area contributed by atoms with Crippen LogP contribution < -0.4 is 9.64 Å². The van der Waals surface area contributed by atoms with Crippen LogP contribution in [0.5, 0.6) is 5.75 Å². The van der Waals surface area contributed by atoms with Crippen molar-refractivity contribution in [1.82, 2.24) is 4.98 Å². The normalized spacial score (nSPS) is 16.1. The van der Waals surface area contributed by atoms with Gasteiger partial charge in [0.2, 0.25) is 0 Å². The molecule has 3 heteroatoms. The summed E-state index contributed by atoms with van der Waals surface area (Å²) in [6, 6.07) is 1.92. The first kappa shape index (κ1) is 9.31. The number of ether oxygens (including phenoxy) is 1. The van der Waals surface area contributed by atoms with Gasteiger partial charge in [0.05, 0.1) is 18.4 Å². The van der Waals surface area contributed by atoms with Crippen LogP contribution in [-0.2, 0) is 0 Å². The minimum atomic E-state index is 0.127. The highest BCUT2D eigenvalue weighted by Gasteiger charge is 2.27. The summed E-state index contributed by atoms with van der Waals surface area (Å²) in [5.41, 5.74) is 1.23. The first-order valence-electron chi connectivity index (χ1n) is 4.93. The molecule has 0 amide bonds. The van der Waals surface area contributed by atoms with Crippen LogP contribution in [0.15, 0.2) is 18.5 Å². The Bertz CT molecular complexity index is 330. The van der Waals surface area contributed by atoms with E-state index in [4.69, 9.17) is 4.74 Å². The van der Waals surface area contributed by atoms with E-state index in [2.05, 4.69) is 30.7 Å². The van der Waals surface area contributed by atoms with Crippen LogP contribution >= 0.6 is 0 Å². The molecule has 3 nitrogen and oxygen atoms in total. The fraction of sp³-hybridized carbons (Fsp3) is 0.545. The lowest BCUT2D eigenvalue weighted by molar-refractivity contribution is 0.289. The average molecular weight is 192 g/mol. The summed E-state index contributed by atoms with van der Waals surface area (Å²) in [7, 11) is 0. The Kier molecular flexibility index (Phi) is 2.10. The summed E-state index contributed by atoms with van der Waals surface area (Å²) in [6.45, 7) is 8.30. The number of nitrogens with zero attached hydrogens (tertiary/aromatic N) is 2. The summed E-state index contributed by atoms with van der Waals surface area (Å²) in [6.07, 6.45) is 3.64. The van der Waals surface area contributed by atoms with Crippen LogP contribution in [-0.4, -0.2) is 23.7 Å². The van der Waals surface area contributed by atoms with Gasteiger partial charge in [-0.1, -0.05) is 0 Å². The van der Waals surface area contributed by atoms with Crippen molar-refractivity contribution in [3.05, 3.63) is 18.5 Å². The zero-order valence-corrected chi connectivity index (χ0v) is 8.95. The van der Waals surface area contributed by atoms with Crippen molar-refractivity contribution in [3.63, 3.8) is 0 Å². The zero-order chi connectivity index (χ0) is 10.2. The molecule has 14 heavy (non-hydrogen) atoms. The van der Waals surface area contributed by atoms with Gasteiger partial charge in [-0.25, -0.2) is 0 Å². The van der Waals surface area contributed by atoms with E-state index in [0.29, 0.717) is 0 Å². The third-order valence-corrected chi connectivity index (χ3v) is 2.43. The van der Waals surface area contributed by atoms with Gasteiger partial charge >= 0.3 is 0 Å². The van der Waals surface area contributed by atoms with Crippen molar-refractivity contribution in [3.8, 4) is 5.75 Å². The largest absolute Gasteiger partial charge is 0.489 e. The molecule has 0 spiro atoms. The second-order valence-electron chi connectivity index (χ2n) is 4.51. The first-order chi connectivity index (χ1) is 6.59. The van der Waals surface area contributed by atoms with Crippen LogP contribution in [0.25, 0.3) is 0 Å². The minimum Gasteiger partial charge on any atom is -0.489 e. The van der Waals surface area contributed by atoms with Crippen LogP contribution in [0.3, 0.4) is 0 Å². The molecule has 1 aliphatic heterocycles. The lowest BCUT2D eigenvalue weighted by Crippen LogP contribution is -2.46. The van der Waals surface area contributed by atoms with Gasteiger partial charge in [0.15, 0.2) is 0 Å². The van der Waals surface area contributed by atoms with Crippen LogP contribution in [0.2, 0.25) is 0 Å². The maximum atomic E-state index is 5.57. The van der Waals surface area contributed by atoms with E-state index in [9.17, 15) is 0 Å². The van der Waals surface area contributed by atoms with E-state index in [1.165, 1.54) is 0 Å². The highest BCUT2D eigenvalue weighted by atomic mass is 16.5. The van der Waals surface area contributed by atoms with Crippen LogP contribution in [0.4, 0.5) is 5.69 Å². The predicted octanol–water partition coefficient (Wildman–Crippen LogP) is 2.08. The van der Waals surface area contributed by atoms with E-state index >= 15 is 0 Å². The highest BCUT2D eigenvalue weighted by Crippen LogP contribution is 2.34. The quantitative estimate of drug-likeness (QED) is 0.629. The van der Waals surface area contributed by atoms with Gasteiger partial charge in [-0.2, -0.15) is 0 Å². The van der Waals surface area contributed by atoms with Gasteiger partial charge in [0, 0.05) is 17.8 Å². The number of anilines is 1. The Morgan fingerprint density at radius 2 is 2.21 bits per heavy atom. The van der Waals surface area contributed by atoms with Crippen LogP contribution in [0.1, 0.15) is 20.8 Å². The van der Waals surface area contributed by atoms with Gasteiger partial charge in [-0.05, 0) is 20.8 Å². The monoisotopic (exact) mass is 192 g/mol. The topological polar surface area (TPSA) is 25.4 Å². The van der Waals surface area contributed by atoms with E-state index in [1.807, 2.05) is 12.3 Å². The fourth-order valence-electron chi connectivity index (χ4n) is 1.76. The van der Waals surface area contributed by atoms with Gasteiger partial charge in [-0.3, -0.25) is 4.98 Å². The Labute approximate surface area is 84.7 Å². The van der Waals surface area contributed by atoms with Crippen molar-refractivity contribution in [2.45, 2.75) is 26.3 Å². The van der Waals surface area contributed by atoms with Crippen molar-refractivity contribution < 1.29 is 4.74 Å². The highest BCUT2D eigenvalue weighted by molar-refractivity contribution is 5.59. The Morgan fingerprint density at radius 3 is 2.93 bits per heavy atom. The van der Waals surface area contributed by atoms with Crippen molar-refractivity contribution >= 4 is 5.69 Å². The standard InChI is InChI=1S/C11H16N2O/c1-11(2,3)13-6-7-14-10-4-5-12-8-9(10)13/h4-5,8H,6-7H2,1-3H3. The van der Waals surface area contributed by atoms with E-state index in [-0.39, 0.29) is 5.54 Å². The molecule has 0 N–H and O–H groups in total. The van der Waals surface area contributed by atoms with E-state index in [0.717, 1.165) is 24.6 Å². The van der Waals surface area contributed by atoms with Gasteiger partial charge in [0.25, 0.3) is 0 Å².